The van der Waals surface area contributed by atoms with Gasteiger partial charge >= 0.3 is 6.55 Å². The molecule has 8 heteroatoms. The van der Waals surface area contributed by atoms with Gasteiger partial charge in [0.1, 0.15) is 5.82 Å². The van der Waals surface area contributed by atoms with Crippen molar-refractivity contribution >= 4 is 0 Å². The highest BCUT2D eigenvalue weighted by Gasteiger charge is 2.16. The first-order valence-corrected chi connectivity index (χ1v) is 7.06. The first-order chi connectivity index (χ1) is 10.4. The molecule has 1 N–H and O–H groups in total. The van der Waals surface area contributed by atoms with Crippen molar-refractivity contribution in [3.05, 3.63) is 35.2 Å². The Morgan fingerprint density at radius 1 is 1.32 bits per heavy atom. The predicted molar refractivity (Wildman–Crippen MR) is 77.4 cm³/mol. The van der Waals surface area contributed by atoms with E-state index < -0.39 is 6.55 Å². The van der Waals surface area contributed by atoms with Crippen LogP contribution >= 0.6 is 0 Å². The number of nitrogens with zero attached hydrogens (tertiary/aromatic N) is 5. The molecule has 6 nitrogen and oxygen atoms in total. The largest absolute Gasteiger partial charge is 0.394 e. The molecule has 0 saturated carbocycles. The van der Waals surface area contributed by atoms with Gasteiger partial charge in [0.05, 0.1) is 25.4 Å². The first-order valence-electron chi connectivity index (χ1n) is 7.06. The van der Waals surface area contributed by atoms with Crippen molar-refractivity contribution in [2.75, 3.05) is 13.7 Å². The zero-order valence-corrected chi connectivity index (χ0v) is 13.0. The van der Waals surface area contributed by atoms with Gasteiger partial charge in [0, 0.05) is 30.2 Å². The number of aliphatic hydroxyl groups is 1. The van der Waals surface area contributed by atoms with Crippen molar-refractivity contribution in [2.24, 2.45) is 0 Å². The maximum absolute atomic E-state index is 12.8. The lowest BCUT2D eigenvalue weighted by Gasteiger charge is -2.17. The van der Waals surface area contributed by atoms with E-state index in [1.807, 2.05) is 25.8 Å². The summed E-state index contributed by atoms with van der Waals surface area (Å²) in [6.45, 7) is 2.65. The van der Waals surface area contributed by atoms with E-state index in [2.05, 4.69) is 10.1 Å². The molecule has 0 amide bonds. The smallest absolute Gasteiger partial charge is 0.319 e. The molecule has 2 aromatic heterocycles. The third kappa shape index (κ3) is 3.50. The molecule has 0 saturated heterocycles. The Kier molecular flexibility index (Phi) is 5.25. The fourth-order valence-electron chi connectivity index (χ4n) is 2.49. The Labute approximate surface area is 128 Å². The summed E-state index contributed by atoms with van der Waals surface area (Å²) in [6.07, 6.45) is 2.66. The molecule has 0 atom stereocenters. The predicted octanol–water partition coefficient (Wildman–Crippen LogP) is 1.72. The molecular weight excluding hydrogens is 292 g/mol. The highest BCUT2D eigenvalue weighted by molar-refractivity contribution is 5.24. The lowest BCUT2D eigenvalue weighted by atomic mass is 10.2. The Hall–Kier alpha value is -1.80. The minimum absolute atomic E-state index is 0.0308. The van der Waals surface area contributed by atoms with E-state index in [4.69, 9.17) is 5.11 Å². The Morgan fingerprint density at radius 3 is 2.68 bits per heavy atom. The highest BCUT2D eigenvalue weighted by Crippen LogP contribution is 2.18. The van der Waals surface area contributed by atoms with Crippen molar-refractivity contribution in [1.29, 1.82) is 0 Å². The number of aryl methyl sites for hydroxylation is 1. The monoisotopic (exact) mass is 313 g/mol. The summed E-state index contributed by atoms with van der Waals surface area (Å²) in [5.41, 5.74) is 2.91. The van der Waals surface area contributed by atoms with Gasteiger partial charge in [-0.2, -0.15) is 13.9 Å². The van der Waals surface area contributed by atoms with E-state index in [0.717, 1.165) is 21.5 Å². The van der Waals surface area contributed by atoms with E-state index in [1.54, 1.807) is 4.68 Å². The number of aromatic nitrogens is 4. The lowest BCUT2D eigenvalue weighted by molar-refractivity contribution is 0.0644. The number of alkyl halides is 2. The average Bonchev–Trinajstić information content (AvgIpc) is 3.00. The molecule has 0 radical (unpaired) electrons. The quantitative estimate of drug-likeness (QED) is 0.845. The van der Waals surface area contributed by atoms with Gasteiger partial charge in [-0.1, -0.05) is 0 Å². The van der Waals surface area contributed by atoms with Crippen molar-refractivity contribution in [3.63, 3.8) is 0 Å². The number of rotatable bonds is 7. The molecule has 0 fully saturated rings. The van der Waals surface area contributed by atoms with Gasteiger partial charge < -0.3 is 5.11 Å². The normalized spacial score (nSPS) is 11.8. The van der Waals surface area contributed by atoms with Gasteiger partial charge in [-0.05, 0) is 20.9 Å². The van der Waals surface area contributed by atoms with E-state index in [0.29, 0.717) is 25.5 Å². The standard InChI is InChI=1S/C14H21F2N5O/c1-10-12(11(2)21(18-10)6-7-22)8-19(3)9-13-17-4-5-20(13)14(15)16/h4-5,14,22H,6-9H2,1-3H3. The van der Waals surface area contributed by atoms with Crippen LogP contribution in [-0.2, 0) is 19.6 Å². The summed E-state index contributed by atoms with van der Waals surface area (Å²) in [5, 5.41) is 13.4. The molecule has 122 valence electrons. The van der Waals surface area contributed by atoms with Crippen LogP contribution in [0.2, 0.25) is 0 Å². The fraction of sp³-hybridized carbons (Fsp3) is 0.571. The summed E-state index contributed by atoms with van der Waals surface area (Å²) in [5.74, 6) is 0.329. The van der Waals surface area contributed by atoms with Crippen LogP contribution in [0, 0.1) is 13.8 Å². The third-order valence-corrected chi connectivity index (χ3v) is 3.64. The van der Waals surface area contributed by atoms with Crippen LogP contribution < -0.4 is 0 Å². The molecule has 2 aromatic rings. The number of halogens is 2. The van der Waals surface area contributed by atoms with Crippen molar-refractivity contribution in [1.82, 2.24) is 24.2 Å². The average molecular weight is 313 g/mol. The molecule has 0 aromatic carbocycles. The molecule has 0 bridgehead atoms. The highest BCUT2D eigenvalue weighted by atomic mass is 19.3. The molecule has 0 aliphatic rings. The molecule has 2 heterocycles. The number of imidazole rings is 1. The van der Waals surface area contributed by atoms with E-state index in [-0.39, 0.29) is 6.61 Å². The molecule has 0 spiro atoms. The van der Waals surface area contributed by atoms with Crippen LogP contribution in [0.4, 0.5) is 8.78 Å². The minimum Gasteiger partial charge on any atom is -0.394 e. The van der Waals surface area contributed by atoms with Crippen molar-refractivity contribution in [2.45, 2.75) is 40.0 Å². The first kappa shape index (κ1) is 16.6. The molecule has 0 aliphatic heterocycles. The van der Waals surface area contributed by atoms with E-state index in [1.165, 1.54) is 12.4 Å². The zero-order chi connectivity index (χ0) is 16.3. The van der Waals surface area contributed by atoms with Crippen LogP contribution in [0.1, 0.15) is 29.3 Å². The topological polar surface area (TPSA) is 59.1 Å². The molecule has 2 rings (SSSR count). The third-order valence-electron chi connectivity index (χ3n) is 3.64. The second kappa shape index (κ2) is 6.97. The van der Waals surface area contributed by atoms with E-state index >= 15 is 0 Å². The molecule has 0 unspecified atom stereocenters. The van der Waals surface area contributed by atoms with Crippen molar-refractivity contribution < 1.29 is 13.9 Å². The maximum Gasteiger partial charge on any atom is 0.319 e. The van der Waals surface area contributed by atoms with Gasteiger partial charge in [0.25, 0.3) is 0 Å². The summed E-state index contributed by atoms with van der Waals surface area (Å²) >= 11 is 0. The van der Waals surface area contributed by atoms with Gasteiger partial charge in [-0.25, -0.2) is 4.98 Å². The van der Waals surface area contributed by atoms with Gasteiger partial charge in [-0.15, -0.1) is 0 Å². The number of aliphatic hydroxyl groups excluding tert-OH is 1. The van der Waals surface area contributed by atoms with Crippen LogP contribution in [-0.4, -0.2) is 43.0 Å². The van der Waals surface area contributed by atoms with Crippen LogP contribution in [0.25, 0.3) is 0 Å². The summed E-state index contributed by atoms with van der Waals surface area (Å²) < 4.78 is 28.3. The second-order valence-corrected chi connectivity index (χ2v) is 5.30. The number of hydrogen-bond donors (Lipinski definition) is 1. The lowest BCUT2D eigenvalue weighted by Crippen LogP contribution is -2.21. The van der Waals surface area contributed by atoms with Gasteiger partial charge in [-0.3, -0.25) is 14.1 Å². The van der Waals surface area contributed by atoms with Crippen LogP contribution in [0.3, 0.4) is 0 Å². The molecular formula is C14H21F2N5O. The summed E-state index contributed by atoms with van der Waals surface area (Å²) in [6, 6.07) is 0. The van der Waals surface area contributed by atoms with Crippen LogP contribution in [0.15, 0.2) is 12.4 Å². The van der Waals surface area contributed by atoms with Gasteiger partial charge in [0.15, 0.2) is 0 Å². The SMILES string of the molecule is Cc1nn(CCO)c(C)c1CN(C)Cc1nccn1C(F)F. The zero-order valence-electron chi connectivity index (χ0n) is 13.0. The van der Waals surface area contributed by atoms with Crippen LogP contribution in [0.5, 0.6) is 0 Å². The second-order valence-electron chi connectivity index (χ2n) is 5.30. The molecule has 0 aliphatic carbocycles. The fourth-order valence-corrected chi connectivity index (χ4v) is 2.49. The van der Waals surface area contributed by atoms with E-state index in [9.17, 15) is 8.78 Å². The Bertz CT molecular complexity index is 623. The van der Waals surface area contributed by atoms with Gasteiger partial charge in [0.2, 0.25) is 0 Å². The summed E-state index contributed by atoms with van der Waals surface area (Å²) in [7, 11) is 1.85. The Balaban J connectivity index is 2.09. The maximum atomic E-state index is 12.8. The minimum atomic E-state index is -2.58. The van der Waals surface area contributed by atoms with Crippen molar-refractivity contribution in [3.8, 4) is 0 Å². The molecule has 22 heavy (non-hydrogen) atoms. The number of hydrogen-bond acceptors (Lipinski definition) is 4. The Morgan fingerprint density at radius 2 is 2.05 bits per heavy atom. The summed E-state index contributed by atoms with van der Waals surface area (Å²) in [4.78, 5) is 5.90.